The lowest BCUT2D eigenvalue weighted by atomic mass is 9.71. The summed E-state index contributed by atoms with van der Waals surface area (Å²) in [7, 11) is 0. The van der Waals surface area contributed by atoms with Crippen LogP contribution in [-0.4, -0.2) is 12.1 Å². The molecule has 0 saturated carbocycles. The zero-order chi connectivity index (χ0) is 13.1. The van der Waals surface area contributed by atoms with Gasteiger partial charge in [0.2, 0.25) is 0 Å². The van der Waals surface area contributed by atoms with Crippen molar-refractivity contribution in [3.63, 3.8) is 0 Å². The maximum atomic E-state index is 11.6. The van der Waals surface area contributed by atoms with E-state index in [1.807, 2.05) is 0 Å². The number of carbonyl (C=O) groups is 1. The van der Waals surface area contributed by atoms with Crippen molar-refractivity contribution < 1.29 is 9.53 Å². The molecule has 0 N–H and O–H groups in total. The van der Waals surface area contributed by atoms with Crippen molar-refractivity contribution in [1.82, 2.24) is 0 Å². The van der Waals surface area contributed by atoms with Crippen LogP contribution in [0.5, 0.6) is 0 Å². The van der Waals surface area contributed by atoms with Gasteiger partial charge in [-0.25, -0.2) is 4.79 Å². The summed E-state index contributed by atoms with van der Waals surface area (Å²) >= 11 is 0. The third-order valence-electron chi connectivity index (χ3n) is 2.98. The Balaban J connectivity index is 4.99. The van der Waals surface area contributed by atoms with Crippen LogP contribution in [-0.2, 0) is 9.53 Å². The molecule has 1 atom stereocenters. The highest BCUT2D eigenvalue weighted by Gasteiger charge is 2.40. The van der Waals surface area contributed by atoms with Gasteiger partial charge in [-0.2, -0.15) is 0 Å². The molecule has 0 fully saturated rings. The van der Waals surface area contributed by atoms with Gasteiger partial charge >= 0.3 is 5.97 Å². The van der Waals surface area contributed by atoms with E-state index in [9.17, 15) is 4.79 Å². The minimum absolute atomic E-state index is 0.0244. The van der Waals surface area contributed by atoms with E-state index >= 15 is 0 Å². The van der Waals surface area contributed by atoms with Gasteiger partial charge < -0.3 is 4.74 Å². The summed E-state index contributed by atoms with van der Waals surface area (Å²) in [6.45, 7) is 18.0. The standard InChI is InChI=1S/C14H26O2/c1-9-14(7,8)12(13(4,5)6)16-11(15)10(2)3/h12H,2,9H2,1,3-8H3. The first-order chi connectivity index (χ1) is 7.02. The molecule has 0 aliphatic rings. The maximum Gasteiger partial charge on any atom is 0.333 e. The van der Waals surface area contributed by atoms with E-state index in [-0.39, 0.29) is 22.9 Å². The fourth-order valence-corrected chi connectivity index (χ4v) is 1.90. The molecule has 0 aromatic carbocycles. The summed E-state index contributed by atoms with van der Waals surface area (Å²) in [6, 6.07) is 0. The van der Waals surface area contributed by atoms with E-state index in [0.717, 1.165) is 6.42 Å². The quantitative estimate of drug-likeness (QED) is 0.536. The predicted molar refractivity (Wildman–Crippen MR) is 68.2 cm³/mol. The van der Waals surface area contributed by atoms with Gasteiger partial charge in [-0.05, 0) is 18.8 Å². The summed E-state index contributed by atoms with van der Waals surface area (Å²) in [5.41, 5.74) is 0.370. The molecule has 0 saturated heterocycles. The fourth-order valence-electron chi connectivity index (χ4n) is 1.90. The lowest BCUT2D eigenvalue weighted by molar-refractivity contribution is -0.160. The van der Waals surface area contributed by atoms with Crippen molar-refractivity contribution in [2.45, 2.75) is 61.0 Å². The number of hydrogen-bond acceptors (Lipinski definition) is 2. The highest BCUT2D eigenvalue weighted by molar-refractivity contribution is 5.87. The molecule has 0 aromatic rings. The zero-order valence-electron chi connectivity index (χ0n) is 11.8. The van der Waals surface area contributed by atoms with Gasteiger partial charge in [-0.1, -0.05) is 48.1 Å². The van der Waals surface area contributed by atoms with E-state index < -0.39 is 0 Å². The van der Waals surface area contributed by atoms with Gasteiger partial charge in [0.25, 0.3) is 0 Å². The summed E-state index contributed by atoms with van der Waals surface area (Å²) < 4.78 is 5.59. The molecule has 0 rings (SSSR count). The van der Waals surface area contributed by atoms with Gasteiger partial charge in [0.05, 0.1) is 0 Å². The third-order valence-corrected chi connectivity index (χ3v) is 2.98. The van der Waals surface area contributed by atoms with Gasteiger partial charge in [0.15, 0.2) is 0 Å². The van der Waals surface area contributed by atoms with Crippen LogP contribution in [0.3, 0.4) is 0 Å². The summed E-state index contributed by atoms with van der Waals surface area (Å²) in [5.74, 6) is -0.290. The normalized spacial score (nSPS) is 14.4. The van der Waals surface area contributed by atoms with E-state index in [1.54, 1.807) is 6.92 Å². The topological polar surface area (TPSA) is 26.3 Å². The third kappa shape index (κ3) is 3.99. The van der Waals surface area contributed by atoms with Gasteiger partial charge in [-0.15, -0.1) is 0 Å². The predicted octanol–water partition coefficient (Wildman–Crippen LogP) is 3.96. The van der Waals surface area contributed by atoms with Crippen LogP contribution < -0.4 is 0 Å². The average molecular weight is 226 g/mol. The number of esters is 1. The number of carbonyl (C=O) groups excluding carboxylic acids is 1. The monoisotopic (exact) mass is 226 g/mol. The molecule has 94 valence electrons. The molecule has 2 nitrogen and oxygen atoms in total. The molecule has 0 heterocycles. The van der Waals surface area contributed by atoms with Gasteiger partial charge in [0, 0.05) is 11.0 Å². The summed E-state index contributed by atoms with van der Waals surface area (Å²) in [5, 5.41) is 0. The second-order valence-electron chi connectivity index (χ2n) is 6.27. The molecule has 16 heavy (non-hydrogen) atoms. The highest BCUT2D eigenvalue weighted by Crippen LogP contribution is 2.38. The van der Waals surface area contributed by atoms with Crippen LogP contribution in [0.15, 0.2) is 12.2 Å². The van der Waals surface area contributed by atoms with Crippen molar-refractivity contribution in [1.29, 1.82) is 0 Å². The van der Waals surface area contributed by atoms with Crippen molar-refractivity contribution in [3.8, 4) is 0 Å². The van der Waals surface area contributed by atoms with Crippen LogP contribution in [0.2, 0.25) is 0 Å². The zero-order valence-corrected chi connectivity index (χ0v) is 11.8. The van der Waals surface area contributed by atoms with E-state index in [4.69, 9.17) is 4.74 Å². The van der Waals surface area contributed by atoms with E-state index in [2.05, 4.69) is 48.1 Å². The van der Waals surface area contributed by atoms with Crippen molar-refractivity contribution in [2.24, 2.45) is 10.8 Å². The molecule has 0 spiro atoms. The Hall–Kier alpha value is -0.790. The molecular weight excluding hydrogens is 200 g/mol. The first-order valence-electron chi connectivity index (χ1n) is 5.89. The van der Waals surface area contributed by atoms with Crippen LogP contribution >= 0.6 is 0 Å². The lowest BCUT2D eigenvalue weighted by Gasteiger charge is -2.41. The average Bonchev–Trinajstić information content (AvgIpc) is 2.11. The fraction of sp³-hybridized carbons (Fsp3) is 0.786. The molecule has 0 aromatic heterocycles. The minimum Gasteiger partial charge on any atom is -0.458 e. The number of rotatable bonds is 4. The van der Waals surface area contributed by atoms with Crippen LogP contribution in [0, 0.1) is 10.8 Å². The minimum atomic E-state index is -0.290. The van der Waals surface area contributed by atoms with Gasteiger partial charge in [0.1, 0.15) is 6.10 Å². The van der Waals surface area contributed by atoms with Crippen molar-refractivity contribution in [2.75, 3.05) is 0 Å². The first-order valence-corrected chi connectivity index (χ1v) is 5.89. The molecule has 2 heteroatoms. The van der Waals surface area contributed by atoms with E-state index in [1.165, 1.54) is 0 Å². The SMILES string of the molecule is C=C(C)C(=O)OC(C(C)(C)C)C(C)(C)CC. The molecule has 0 aliphatic carbocycles. The largest absolute Gasteiger partial charge is 0.458 e. The molecule has 1 unspecified atom stereocenters. The molecule has 0 radical (unpaired) electrons. The van der Waals surface area contributed by atoms with Crippen LogP contribution in [0.25, 0.3) is 0 Å². The summed E-state index contributed by atoms with van der Waals surface area (Å²) in [4.78, 5) is 11.6. The molecule has 0 bridgehead atoms. The molecular formula is C14H26O2. The molecule has 0 aliphatic heterocycles. The Kier molecular flexibility index (Phi) is 4.78. The number of ether oxygens (including phenoxy) is 1. The van der Waals surface area contributed by atoms with Crippen molar-refractivity contribution in [3.05, 3.63) is 12.2 Å². The smallest absolute Gasteiger partial charge is 0.333 e. The Labute approximate surface area is 100 Å². The number of hydrogen-bond donors (Lipinski definition) is 0. The first kappa shape index (κ1) is 15.2. The van der Waals surface area contributed by atoms with Crippen molar-refractivity contribution >= 4 is 5.97 Å². The van der Waals surface area contributed by atoms with E-state index in [0.29, 0.717) is 5.57 Å². The second-order valence-corrected chi connectivity index (χ2v) is 6.27. The second kappa shape index (κ2) is 5.03. The van der Waals surface area contributed by atoms with Gasteiger partial charge in [-0.3, -0.25) is 0 Å². The summed E-state index contributed by atoms with van der Waals surface area (Å²) in [6.07, 6.45) is 0.868. The molecule has 0 amide bonds. The Morgan fingerprint density at radius 3 is 1.94 bits per heavy atom. The Bertz CT molecular complexity index is 269. The van der Waals surface area contributed by atoms with Crippen LogP contribution in [0.1, 0.15) is 54.9 Å². The Morgan fingerprint density at radius 2 is 1.69 bits per heavy atom. The van der Waals surface area contributed by atoms with Crippen LogP contribution in [0.4, 0.5) is 0 Å². The highest BCUT2D eigenvalue weighted by atomic mass is 16.5. The maximum absolute atomic E-state index is 11.6. The lowest BCUT2D eigenvalue weighted by Crippen LogP contribution is -2.43. The Morgan fingerprint density at radius 1 is 1.25 bits per heavy atom.